The van der Waals surface area contributed by atoms with Gasteiger partial charge in [-0.1, -0.05) is 13.8 Å². The molecule has 1 saturated heterocycles. The largest absolute Gasteiger partial charge is 0.462 e. The van der Waals surface area contributed by atoms with E-state index in [0.29, 0.717) is 19.1 Å². The second kappa shape index (κ2) is 6.80. The number of carbonyl (C=O) groups is 1. The average molecular weight is 215 g/mol. The van der Waals surface area contributed by atoms with Gasteiger partial charge in [-0.3, -0.25) is 4.79 Å². The molecular weight excluding hydrogens is 194 g/mol. The Hall–Kier alpha value is -0.610. The number of nitrogens with one attached hydrogen (secondary N) is 1. The van der Waals surface area contributed by atoms with Crippen molar-refractivity contribution in [3.8, 4) is 0 Å². The molecule has 0 saturated carbocycles. The Morgan fingerprint density at radius 3 is 2.87 bits per heavy atom. The molecule has 4 nitrogen and oxygen atoms in total. The number of carbonyl (C=O) groups excluding carboxylic acids is 1. The molecule has 0 aromatic heterocycles. The molecule has 0 radical (unpaired) electrons. The van der Waals surface area contributed by atoms with Crippen LogP contribution in [0.5, 0.6) is 0 Å². The molecule has 0 unspecified atom stereocenters. The van der Waals surface area contributed by atoms with Crippen LogP contribution in [0.4, 0.5) is 0 Å². The smallest absolute Gasteiger partial charge is 0.323 e. The molecule has 0 aromatic rings. The molecule has 4 heteroatoms. The van der Waals surface area contributed by atoms with Crippen LogP contribution in [0.15, 0.2) is 0 Å². The number of hydrogen-bond donors (Lipinski definition) is 1. The summed E-state index contributed by atoms with van der Waals surface area (Å²) in [6.07, 6.45) is 1.95. The fraction of sp³-hybridized carbons (Fsp3) is 0.909. The van der Waals surface area contributed by atoms with E-state index in [-0.39, 0.29) is 12.0 Å². The van der Waals surface area contributed by atoms with Crippen molar-refractivity contribution in [3.63, 3.8) is 0 Å². The molecule has 1 heterocycles. The van der Waals surface area contributed by atoms with Crippen molar-refractivity contribution < 1.29 is 14.3 Å². The third kappa shape index (κ3) is 5.14. The monoisotopic (exact) mass is 215 g/mol. The molecule has 0 aliphatic carbocycles. The van der Waals surface area contributed by atoms with Crippen molar-refractivity contribution in [1.29, 1.82) is 0 Å². The van der Waals surface area contributed by atoms with Crippen LogP contribution >= 0.6 is 0 Å². The highest BCUT2D eigenvalue weighted by molar-refractivity contribution is 5.76. The molecule has 1 aliphatic rings. The van der Waals surface area contributed by atoms with Crippen LogP contribution in [0, 0.1) is 5.92 Å². The van der Waals surface area contributed by atoms with Crippen LogP contribution in [0.3, 0.4) is 0 Å². The van der Waals surface area contributed by atoms with Crippen LogP contribution in [0.2, 0.25) is 0 Å². The van der Waals surface area contributed by atoms with Gasteiger partial charge in [0.1, 0.15) is 12.6 Å². The molecule has 0 spiro atoms. The van der Waals surface area contributed by atoms with E-state index in [1.165, 1.54) is 0 Å². The standard InChI is InChI=1S/C11H21NO3/c1-9(2)8-14-6-7-15-11(13)10-4-3-5-12-10/h9-10,12H,3-8H2,1-2H3/t10-/m1/s1. The number of rotatable bonds is 6. The third-order valence-corrected chi connectivity index (χ3v) is 2.27. The molecule has 1 atom stereocenters. The molecule has 1 fully saturated rings. The summed E-state index contributed by atoms with van der Waals surface area (Å²) in [6.45, 7) is 6.69. The van der Waals surface area contributed by atoms with Gasteiger partial charge in [-0.25, -0.2) is 0 Å². The minimum atomic E-state index is -0.138. The topological polar surface area (TPSA) is 47.6 Å². The first-order valence-corrected chi connectivity index (χ1v) is 5.68. The van der Waals surface area contributed by atoms with Crippen molar-refractivity contribution in [3.05, 3.63) is 0 Å². The van der Waals surface area contributed by atoms with E-state index in [0.717, 1.165) is 26.0 Å². The average Bonchev–Trinajstić information content (AvgIpc) is 2.69. The summed E-state index contributed by atoms with van der Waals surface area (Å²) in [5.74, 6) is 0.387. The molecule has 0 bridgehead atoms. The quantitative estimate of drug-likeness (QED) is 0.529. The molecule has 1 N–H and O–H groups in total. The van der Waals surface area contributed by atoms with Crippen molar-refractivity contribution >= 4 is 5.97 Å². The van der Waals surface area contributed by atoms with Crippen molar-refractivity contribution in [2.45, 2.75) is 32.7 Å². The summed E-state index contributed by atoms with van der Waals surface area (Å²) < 4.78 is 10.4. The van der Waals surface area contributed by atoms with Gasteiger partial charge < -0.3 is 14.8 Å². The van der Waals surface area contributed by atoms with E-state index in [4.69, 9.17) is 9.47 Å². The second-order valence-electron chi connectivity index (χ2n) is 4.29. The molecule has 88 valence electrons. The highest BCUT2D eigenvalue weighted by atomic mass is 16.6. The van der Waals surface area contributed by atoms with E-state index in [9.17, 15) is 4.79 Å². The molecule has 1 aliphatic heterocycles. The van der Waals surface area contributed by atoms with Gasteiger partial charge in [0, 0.05) is 6.61 Å². The van der Waals surface area contributed by atoms with Gasteiger partial charge in [0.25, 0.3) is 0 Å². The van der Waals surface area contributed by atoms with E-state index < -0.39 is 0 Å². The summed E-state index contributed by atoms with van der Waals surface area (Å²) in [6, 6.07) is -0.0879. The van der Waals surface area contributed by atoms with E-state index in [1.807, 2.05) is 0 Å². The van der Waals surface area contributed by atoms with Gasteiger partial charge >= 0.3 is 5.97 Å². The van der Waals surface area contributed by atoms with Crippen molar-refractivity contribution in [1.82, 2.24) is 5.32 Å². The summed E-state index contributed by atoms with van der Waals surface area (Å²) in [7, 11) is 0. The van der Waals surface area contributed by atoms with Gasteiger partial charge in [-0.2, -0.15) is 0 Å². The Morgan fingerprint density at radius 2 is 2.27 bits per heavy atom. The normalized spacial score (nSPS) is 20.9. The Morgan fingerprint density at radius 1 is 1.47 bits per heavy atom. The Bertz CT molecular complexity index is 188. The molecule has 0 amide bonds. The summed E-state index contributed by atoms with van der Waals surface area (Å²) in [4.78, 5) is 11.4. The second-order valence-corrected chi connectivity index (χ2v) is 4.29. The fourth-order valence-corrected chi connectivity index (χ4v) is 1.51. The Kier molecular flexibility index (Phi) is 5.65. The number of hydrogen-bond acceptors (Lipinski definition) is 4. The van der Waals surface area contributed by atoms with Gasteiger partial charge in [-0.05, 0) is 25.3 Å². The molecular formula is C11H21NO3. The maximum absolute atomic E-state index is 11.4. The summed E-state index contributed by atoms with van der Waals surface area (Å²) in [5, 5.41) is 3.10. The molecule has 15 heavy (non-hydrogen) atoms. The van der Waals surface area contributed by atoms with Gasteiger partial charge in [-0.15, -0.1) is 0 Å². The van der Waals surface area contributed by atoms with E-state index in [2.05, 4.69) is 19.2 Å². The molecule has 1 rings (SSSR count). The van der Waals surface area contributed by atoms with E-state index in [1.54, 1.807) is 0 Å². The summed E-state index contributed by atoms with van der Waals surface area (Å²) >= 11 is 0. The first kappa shape index (κ1) is 12.5. The summed E-state index contributed by atoms with van der Waals surface area (Å²) in [5.41, 5.74) is 0. The minimum absolute atomic E-state index is 0.0879. The highest BCUT2D eigenvalue weighted by Gasteiger charge is 2.22. The zero-order chi connectivity index (χ0) is 11.1. The lowest BCUT2D eigenvalue weighted by Gasteiger charge is -2.11. The fourth-order valence-electron chi connectivity index (χ4n) is 1.51. The predicted molar refractivity (Wildman–Crippen MR) is 57.6 cm³/mol. The third-order valence-electron chi connectivity index (χ3n) is 2.27. The van der Waals surface area contributed by atoms with Gasteiger partial charge in [0.2, 0.25) is 0 Å². The SMILES string of the molecule is CC(C)COCCOC(=O)[C@H]1CCCN1. The highest BCUT2D eigenvalue weighted by Crippen LogP contribution is 2.06. The van der Waals surface area contributed by atoms with Gasteiger partial charge in [0.15, 0.2) is 0 Å². The van der Waals surface area contributed by atoms with Crippen LogP contribution < -0.4 is 5.32 Å². The van der Waals surface area contributed by atoms with Crippen LogP contribution in [-0.2, 0) is 14.3 Å². The maximum Gasteiger partial charge on any atom is 0.323 e. The lowest BCUT2D eigenvalue weighted by Crippen LogP contribution is -2.33. The van der Waals surface area contributed by atoms with Crippen LogP contribution in [0.25, 0.3) is 0 Å². The van der Waals surface area contributed by atoms with Crippen LogP contribution in [0.1, 0.15) is 26.7 Å². The zero-order valence-electron chi connectivity index (χ0n) is 9.62. The predicted octanol–water partition coefficient (Wildman–Crippen LogP) is 0.954. The number of esters is 1. The van der Waals surface area contributed by atoms with Crippen molar-refractivity contribution in [2.24, 2.45) is 5.92 Å². The number of ether oxygens (including phenoxy) is 2. The minimum Gasteiger partial charge on any atom is -0.462 e. The van der Waals surface area contributed by atoms with Gasteiger partial charge in [0.05, 0.1) is 6.61 Å². The van der Waals surface area contributed by atoms with Crippen LogP contribution in [-0.4, -0.2) is 38.4 Å². The first-order chi connectivity index (χ1) is 7.20. The Balaban J connectivity index is 1.97. The lowest BCUT2D eigenvalue weighted by molar-refractivity contribution is -0.147. The van der Waals surface area contributed by atoms with Crippen molar-refractivity contribution in [2.75, 3.05) is 26.4 Å². The lowest BCUT2D eigenvalue weighted by atomic mass is 10.2. The maximum atomic E-state index is 11.4. The molecule has 0 aromatic carbocycles. The zero-order valence-corrected chi connectivity index (χ0v) is 9.62. The first-order valence-electron chi connectivity index (χ1n) is 5.68. The van der Waals surface area contributed by atoms with E-state index >= 15 is 0 Å². The Labute approximate surface area is 91.3 Å².